The van der Waals surface area contributed by atoms with Gasteiger partial charge in [-0.3, -0.25) is 0 Å². The van der Waals surface area contributed by atoms with Gasteiger partial charge in [0.15, 0.2) is 0 Å². The average Bonchev–Trinajstić information content (AvgIpc) is 2.58. The number of nitrogens with one attached hydrogen (secondary N) is 2. The minimum absolute atomic E-state index is 0.517. The SMILES string of the molecule is Cc1cc(C)c2nc(C(C)C3CNC3)[nH]c2c1. The predicted molar refractivity (Wildman–Crippen MR) is 70.3 cm³/mol. The predicted octanol–water partition coefficient (Wildman–Crippen LogP) is 2.50. The van der Waals surface area contributed by atoms with Crippen molar-refractivity contribution in [2.45, 2.75) is 26.7 Å². The van der Waals surface area contributed by atoms with Crippen molar-refractivity contribution < 1.29 is 0 Å². The number of H-pyrrole nitrogens is 1. The van der Waals surface area contributed by atoms with Crippen LogP contribution in [-0.2, 0) is 0 Å². The molecule has 2 heterocycles. The smallest absolute Gasteiger partial charge is 0.110 e. The van der Waals surface area contributed by atoms with E-state index in [0.29, 0.717) is 5.92 Å². The van der Waals surface area contributed by atoms with Crippen LogP contribution < -0.4 is 5.32 Å². The van der Waals surface area contributed by atoms with E-state index in [4.69, 9.17) is 4.98 Å². The van der Waals surface area contributed by atoms with Crippen LogP contribution in [0.1, 0.15) is 29.8 Å². The number of rotatable bonds is 2. The fourth-order valence-corrected chi connectivity index (χ4v) is 2.59. The minimum atomic E-state index is 0.517. The summed E-state index contributed by atoms with van der Waals surface area (Å²) in [7, 11) is 0. The molecule has 3 nitrogen and oxygen atoms in total. The van der Waals surface area contributed by atoms with Gasteiger partial charge >= 0.3 is 0 Å². The number of hydrogen-bond donors (Lipinski definition) is 2. The fourth-order valence-electron chi connectivity index (χ4n) is 2.59. The van der Waals surface area contributed by atoms with Crippen molar-refractivity contribution in [2.75, 3.05) is 13.1 Å². The van der Waals surface area contributed by atoms with Crippen molar-refractivity contribution in [3.63, 3.8) is 0 Å². The summed E-state index contributed by atoms with van der Waals surface area (Å²) in [5, 5.41) is 3.32. The highest BCUT2D eigenvalue weighted by molar-refractivity contribution is 5.79. The quantitative estimate of drug-likeness (QED) is 0.830. The van der Waals surface area contributed by atoms with Gasteiger partial charge in [-0.15, -0.1) is 0 Å². The van der Waals surface area contributed by atoms with Crippen LogP contribution in [0.3, 0.4) is 0 Å². The van der Waals surface area contributed by atoms with E-state index in [1.807, 2.05) is 0 Å². The summed E-state index contributed by atoms with van der Waals surface area (Å²) < 4.78 is 0. The number of aryl methyl sites for hydroxylation is 2. The summed E-state index contributed by atoms with van der Waals surface area (Å²) in [5.74, 6) is 2.39. The van der Waals surface area contributed by atoms with Crippen LogP contribution in [0.5, 0.6) is 0 Å². The zero-order valence-electron chi connectivity index (χ0n) is 10.7. The summed E-state index contributed by atoms with van der Waals surface area (Å²) in [6, 6.07) is 4.38. The molecule has 1 atom stereocenters. The van der Waals surface area contributed by atoms with Gasteiger partial charge in [0, 0.05) is 5.92 Å². The molecule has 0 saturated carbocycles. The van der Waals surface area contributed by atoms with E-state index in [-0.39, 0.29) is 0 Å². The minimum Gasteiger partial charge on any atom is -0.342 e. The number of benzene rings is 1. The molecule has 2 N–H and O–H groups in total. The third-order valence-electron chi connectivity index (χ3n) is 3.89. The van der Waals surface area contributed by atoms with Gasteiger partial charge in [0.05, 0.1) is 11.0 Å². The van der Waals surface area contributed by atoms with E-state index >= 15 is 0 Å². The van der Waals surface area contributed by atoms with E-state index in [9.17, 15) is 0 Å². The lowest BCUT2D eigenvalue weighted by molar-refractivity contribution is 0.297. The van der Waals surface area contributed by atoms with Crippen molar-refractivity contribution in [3.05, 3.63) is 29.1 Å². The van der Waals surface area contributed by atoms with Crippen molar-refractivity contribution in [1.29, 1.82) is 0 Å². The number of fused-ring (bicyclic) bond motifs is 1. The molecule has 3 heteroatoms. The summed E-state index contributed by atoms with van der Waals surface area (Å²) in [4.78, 5) is 8.26. The van der Waals surface area contributed by atoms with Crippen molar-refractivity contribution >= 4 is 11.0 Å². The first-order valence-electron chi connectivity index (χ1n) is 6.32. The molecule has 1 fully saturated rings. The first kappa shape index (κ1) is 10.8. The molecule has 0 radical (unpaired) electrons. The highest BCUT2D eigenvalue weighted by atomic mass is 15.0. The van der Waals surface area contributed by atoms with Gasteiger partial charge in [0.2, 0.25) is 0 Å². The van der Waals surface area contributed by atoms with Crippen LogP contribution in [0.4, 0.5) is 0 Å². The van der Waals surface area contributed by atoms with Crippen LogP contribution in [0.2, 0.25) is 0 Å². The molecule has 1 saturated heterocycles. The molecule has 17 heavy (non-hydrogen) atoms. The molecule has 0 aliphatic carbocycles. The van der Waals surface area contributed by atoms with Gasteiger partial charge < -0.3 is 10.3 Å². The van der Waals surface area contributed by atoms with E-state index in [2.05, 4.69) is 43.2 Å². The molecule has 1 aliphatic heterocycles. The molecule has 0 spiro atoms. The third kappa shape index (κ3) is 1.75. The zero-order chi connectivity index (χ0) is 12.0. The number of nitrogens with zero attached hydrogens (tertiary/aromatic N) is 1. The van der Waals surface area contributed by atoms with E-state index in [1.54, 1.807) is 0 Å². The molecular formula is C14H19N3. The first-order chi connectivity index (χ1) is 8.15. The van der Waals surface area contributed by atoms with Crippen molar-refractivity contribution in [3.8, 4) is 0 Å². The Bertz CT molecular complexity index is 552. The Balaban J connectivity index is 2.03. The molecular weight excluding hydrogens is 210 g/mol. The van der Waals surface area contributed by atoms with Gasteiger partial charge in [0.1, 0.15) is 5.82 Å². The zero-order valence-corrected chi connectivity index (χ0v) is 10.7. The monoisotopic (exact) mass is 229 g/mol. The molecule has 1 aromatic heterocycles. The molecule has 0 bridgehead atoms. The molecule has 1 aliphatic rings. The van der Waals surface area contributed by atoms with E-state index in [0.717, 1.165) is 30.3 Å². The number of imidazole rings is 1. The summed E-state index contributed by atoms with van der Waals surface area (Å²) in [6.07, 6.45) is 0. The summed E-state index contributed by atoms with van der Waals surface area (Å²) in [5.41, 5.74) is 4.87. The van der Waals surface area contributed by atoms with Crippen molar-refractivity contribution in [2.24, 2.45) is 5.92 Å². The Morgan fingerprint density at radius 3 is 2.71 bits per heavy atom. The number of hydrogen-bond acceptors (Lipinski definition) is 2. The molecule has 0 amide bonds. The fraction of sp³-hybridized carbons (Fsp3) is 0.500. The maximum Gasteiger partial charge on any atom is 0.110 e. The molecule has 1 unspecified atom stereocenters. The molecule has 2 aromatic rings. The van der Waals surface area contributed by atoms with Gasteiger partial charge in [-0.25, -0.2) is 4.98 Å². The molecule has 1 aromatic carbocycles. The standard InChI is InChI=1S/C14H19N3/c1-8-4-9(2)13-12(5-8)16-14(17-13)10(3)11-6-15-7-11/h4-5,10-11,15H,6-7H2,1-3H3,(H,16,17). The van der Waals surface area contributed by atoms with E-state index < -0.39 is 0 Å². The first-order valence-corrected chi connectivity index (χ1v) is 6.32. The van der Waals surface area contributed by atoms with Gasteiger partial charge in [-0.2, -0.15) is 0 Å². The topological polar surface area (TPSA) is 40.7 Å². The second kappa shape index (κ2) is 3.84. The van der Waals surface area contributed by atoms with Crippen LogP contribution in [0.25, 0.3) is 11.0 Å². The van der Waals surface area contributed by atoms with Crippen LogP contribution >= 0.6 is 0 Å². The highest BCUT2D eigenvalue weighted by Gasteiger charge is 2.26. The Labute approximate surface area is 102 Å². The maximum absolute atomic E-state index is 4.77. The highest BCUT2D eigenvalue weighted by Crippen LogP contribution is 2.28. The van der Waals surface area contributed by atoms with Crippen LogP contribution in [0.15, 0.2) is 12.1 Å². The Kier molecular flexibility index (Phi) is 2.44. The number of aromatic nitrogens is 2. The lowest BCUT2D eigenvalue weighted by Crippen LogP contribution is -2.44. The lowest BCUT2D eigenvalue weighted by Gasteiger charge is -2.31. The maximum atomic E-state index is 4.77. The second-order valence-electron chi connectivity index (χ2n) is 5.31. The van der Waals surface area contributed by atoms with Crippen LogP contribution in [0, 0.1) is 19.8 Å². The largest absolute Gasteiger partial charge is 0.342 e. The Morgan fingerprint density at radius 1 is 1.29 bits per heavy atom. The number of aromatic amines is 1. The molecule has 3 rings (SSSR count). The normalized spacial score (nSPS) is 18.3. The summed E-state index contributed by atoms with van der Waals surface area (Å²) in [6.45, 7) is 8.78. The average molecular weight is 229 g/mol. The van der Waals surface area contributed by atoms with Gasteiger partial charge in [0.25, 0.3) is 0 Å². The second-order valence-corrected chi connectivity index (χ2v) is 5.31. The van der Waals surface area contributed by atoms with Crippen molar-refractivity contribution in [1.82, 2.24) is 15.3 Å². The van der Waals surface area contributed by atoms with E-state index in [1.165, 1.54) is 16.6 Å². The third-order valence-corrected chi connectivity index (χ3v) is 3.89. The van der Waals surface area contributed by atoms with Gasteiger partial charge in [-0.1, -0.05) is 13.0 Å². The Hall–Kier alpha value is -1.35. The van der Waals surface area contributed by atoms with Gasteiger partial charge in [-0.05, 0) is 50.0 Å². The molecule has 90 valence electrons. The summed E-state index contributed by atoms with van der Waals surface area (Å²) >= 11 is 0. The Morgan fingerprint density at radius 2 is 2.06 bits per heavy atom. The lowest BCUT2D eigenvalue weighted by atomic mass is 9.88. The van der Waals surface area contributed by atoms with Crippen LogP contribution in [-0.4, -0.2) is 23.1 Å².